The Labute approximate surface area is 122 Å². The van der Waals surface area contributed by atoms with Crippen LogP contribution in [0.1, 0.15) is 15.5 Å². The monoisotopic (exact) mass is 310 g/mol. The summed E-state index contributed by atoms with van der Waals surface area (Å²) in [5.74, 6) is -1.36. The van der Waals surface area contributed by atoms with Crippen LogP contribution in [0.25, 0.3) is 0 Å². The summed E-state index contributed by atoms with van der Waals surface area (Å²) >= 11 is 1.29. The Morgan fingerprint density at radius 3 is 2.90 bits per heavy atom. The third kappa shape index (κ3) is 3.80. The van der Waals surface area contributed by atoms with Crippen LogP contribution in [-0.4, -0.2) is 22.4 Å². The van der Waals surface area contributed by atoms with E-state index in [-0.39, 0.29) is 11.4 Å². The van der Waals surface area contributed by atoms with Crippen molar-refractivity contribution in [3.05, 3.63) is 50.2 Å². The minimum atomic E-state index is -0.804. The fraction of sp³-hybridized carbons (Fsp3) is 0.167. The van der Waals surface area contributed by atoms with Gasteiger partial charge in [0, 0.05) is 17.9 Å². The molecular weight excluding hydrogens is 299 g/mol. The second-order valence-electron chi connectivity index (χ2n) is 4.07. The van der Waals surface area contributed by atoms with Gasteiger partial charge < -0.3 is 11.1 Å². The number of nitrogens with two attached hydrogens (primary N) is 1. The molecule has 110 valence electrons. The van der Waals surface area contributed by atoms with Crippen molar-refractivity contribution >= 4 is 28.6 Å². The molecule has 3 N–H and O–H groups in total. The number of nitrogens with one attached hydrogen (secondary N) is 1. The Morgan fingerprint density at radius 1 is 1.48 bits per heavy atom. The normalized spacial score (nSPS) is 10.4. The Hall–Kier alpha value is -2.39. The van der Waals surface area contributed by atoms with Crippen LogP contribution < -0.4 is 11.1 Å². The molecule has 1 aromatic carbocycles. The molecule has 0 saturated heterocycles. The molecule has 0 unspecified atom stereocenters. The van der Waals surface area contributed by atoms with Gasteiger partial charge in [0.2, 0.25) is 0 Å². The number of amides is 1. The van der Waals surface area contributed by atoms with E-state index in [1.54, 1.807) is 5.38 Å². The smallest absolute Gasteiger partial charge is 0.275 e. The van der Waals surface area contributed by atoms with Crippen LogP contribution >= 0.6 is 11.3 Å². The van der Waals surface area contributed by atoms with Crippen molar-refractivity contribution in [2.75, 3.05) is 11.9 Å². The van der Waals surface area contributed by atoms with Gasteiger partial charge in [-0.2, -0.15) is 0 Å². The Balaban J connectivity index is 2.16. The summed E-state index contributed by atoms with van der Waals surface area (Å²) in [4.78, 5) is 25.9. The fourth-order valence-electron chi connectivity index (χ4n) is 1.60. The molecule has 1 heterocycles. The first-order valence-corrected chi connectivity index (χ1v) is 6.78. The number of carbonyl (C=O) groups is 1. The molecule has 0 saturated carbocycles. The lowest BCUT2D eigenvalue weighted by molar-refractivity contribution is -0.385. The standard InChI is InChI=1S/C12H11FN4O3S/c13-7-3-8(5-9(4-7)17(19)20)15-12(18)10-6-21-11(16-10)1-2-14/h3-6H,1-2,14H2,(H,15,18). The third-order valence-corrected chi connectivity index (χ3v) is 3.40. The highest BCUT2D eigenvalue weighted by Gasteiger charge is 2.14. The van der Waals surface area contributed by atoms with Crippen molar-refractivity contribution in [1.29, 1.82) is 0 Å². The highest BCUT2D eigenvalue weighted by Crippen LogP contribution is 2.21. The molecule has 1 aromatic heterocycles. The van der Waals surface area contributed by atoms with Gasteiger partial charge in [0.1, 0.15) is 11.5 Å². The van der Waals surface area contributed by atoms with Crippen molar-refractivity contribution in [2.24, 2.45) is 5.73 Å². The molecule has 0 atom stereocenters. The lowest BCUT2D eigenvalue weighted by atomic mass is 10.2. The number of anilines is 1. The van der Waals surface area contributed by atoms with E-state index in [4.69, 9.17) is 5.73 Å². The van der Waals surface area contributed by atoms with E-state index in [9.17, 15) is 19.3 Å². The highest BCUT2D eigenvalue weighted by atomic mass is 32.1. The summed E-state index contributed by atoms with van der Waals surface area (Å²) in [7, 11) is 0. The molecule has 0 fully saturated rings. The average molecular weight is 310 g/mol. The largest absolute Gasteiger partial charge is 0.330 e. The van der Waals surface area contributed by atoms with Gasteiger partial charge in [-0.1, -0.05) is 0 Å². The van der Waals surface area contributed by atoms with Gasteiger partial charge in [-0.05, 0) is 12.6 Å². The number of non-ortho nitro benzene ring substituents is 1. The van der Waals surface area contributed by atoms with Gasteiger partial charge in [-0.3, -0.25) is 14.9 Å². The molecule has 0 bridgehead atoms. The predicted molar refractivity (Wildman–Crippen MR) is 75.9 cm³/mol. The number of nitro benzene ring substituents is 1. The molecule has 0 spiro atoms. The quantitative estimate of drug-likeness (QED) is 0.647. The number of thiazole rings is 1. The van der Waals surface area contributed by atoms with Crippen molar-refractivity contribution in [3.8, 4) is 0 Å². The maximum Gasteiger partial charge on any atom is 0.275 e. The number of nitro groups is 1. The van der Waals surface area contributed by atoms with E-state index in [1.807, 2.05) is 0 Å². The predicted octanol–water partition coefficient (Wildman–Crippen LogP) is 1.94. The number of hydrogen-bond donors (Lipinski definition) is 2. The van der Waals surface area contributed by atoms with Crippen molar-refractivity contribution in [1.82, 2.24) is 4.98 Å². The zero-order valence-electron chi connectivity index (χ0n) is 10.7. The van der Waals surface area contributed by atoms with E-state index in [0.717, 1.165) is 18.2 Å². The molecule has 21 heavy (non-hydrogen) atoms. The first-order chi connectivity index (χ1) is 9.99. The minimum Gasteiger partial charge on any atom is -0.330 e. The molecule has 7 nitrogen and oxygen atoms in total. The van der Waals surface area contributed by atoms with E-state index < -0.39 is 22.3 Å². The van der Waals surface area contributed by atoms with Crippen molar-refractivity contribution in [2.45, 2.75) is 6.42 Å². The Kier molecular flexibility index (Phi) is 4.55. The third-order valence-electron chi connectivity index (χ3n) is 2.49. The Bertz CT molecular complexity index is 689. The lowest BCUT2D eigenvalue weighted by Crippen LogP contribution is -2.13. The summed E-state index contributed by atoms with van der Waals surface area (Å²) < 4.78 is 13.3. The van der Waals surface area contributed by atoms with Gasteiger partial charge in [0.15, 0.2) is 0 Å². The zero-order chi connectivity index (χ0) is 15.4. The molecular formula is C12H11FN4O3S. The van der Waals surface area contributed by atoms with E-state index in [1.165, 1.54) is 11.3 Å². The van der Waals surface area contributed by atoms with Crippen LogP contribution in [0.4, 0.5) is 15.8 Å². The molecule has 0 aliphatic carbocycles. The molecule has 1 amide bonds. The molecule has 2 aromatic rings. The molecule has 0 aliphatic rings. The Morgan fingerprint density at radius 2 is 2.24 bits per heavy atom. The van der Waals surface area contributed by atoms with Crippen LogP contribution in [0.15, 0.2) is 23.6 Å². The number of hydrogen-bond acceptors (Lipinski definition) is 6. The average Bonchev–Trinajstić information content (AvgIpc) is 2.87. The highest BCUT2D eigenvalue weighted by molar-refractivity contribution is 7.09. The minimum absolute atomic E-state index is 0.0000693. The van der Waals surface area contributed by atoms with Crippen molar-refractivity contribution in [3.63, 3.8) is 0 Å². The summed E-state index contributed by atoms with van der Waals surface area (Å²) in [6, 6.07) is 2.85. The van der Waals surface area contributed by atoms with Gasteiger partial charge >= 0.3 is 0 Å². The summed E-state index contributed by atoms with van der Waals surface area (Å²) in [5, 5.41) is 15.3. The van der Waals surface area contributed by atoms with E-state index >= 15 is 0 Å². The number of rotatable bonds is 5. The van der Waals surface area contributed by atoms with Crippen LogP contribution in [0.5, 0.6) is 0 Å². The molecule has 9 heteroatoms. The maximum atomic E-state index is 13.3. The number of nitrogens with zero attached hydrogens (tertiary/aromatic N) is 2. The number of carbonyl (C=O) groups excluding carboxylic acids is 1. The van der Waals surface area contributed by atoms with Gasteiger partial charge in [0.05, 0.1) is 21.7 Å². The SMILES string of the molecule is NCCc1nc(C(=O)Nc2cc(F)cc([N+](=O)[O-])c2)cs1. The topological polar surface area (TPSA) is 111 Å². The first kappa shape index (κ1) is 15.0. The molecule has 0 radical (unpaired) electrons. The maximum absolute atomic E-state index is 13.3. The number of halogens is 1. The second kappa shape index (κ2) is 6.37. The van der Waals surface area contributed by atoms with E-state index in [2.05, 4.69) is 10.3 Å². The molecule has 0 aliphatic heterocycles. The van der Waals surface area contributed by atoms with Crippen LogP contribution in [-0.2, 0) is 6.42 Å². The second-order valence-corrected chi connectivity index (χ2v) is 5.02. The first-order valence-electron chi connectivity index (χ1n) is 5.90. The zero-order valence-corrected chi connectivity index (χ0v) is 11.5. The van der Waals surface area contributed by atoms with Gasteiger partial charge in [0.25, 0.3) is 11.6 Å². The van der Waals surface area contributed by atoms with Crippen LogP contribution in [0, 0.1) is 15.9 Å². The number of aromatic nitrogens is 1. The lowest BCUT2D eigenvalue weighted by Gasteiger charge is -2.03. The van der Waals surface area contributed by atoms with Crippen LogP contribution in [0.2, 0.25) is 0 Å². The molecule has 2 rings (SSSR count). The van der Waals surface area contributed by atoms with Gasteiger partial charge in [-0.25, -0.2) is 9.37 Å². The fourth-order valence-corrected chi connectivity index (χ4v) is 2.39. The van der Waals surface area contributed by atoms with E-state index in [0.29, 0.717) is 18.0 Å². The number of benzene rings is 1. The van der Waals surface area contributed by atoms with Crippen molar-refractivity contribution < 1.29 is 14.1 Å². The summed E-state index contributed by atoms with van der Waals surface area (Å²) in [6.07, 6.45) is 0.559. The van der Waals surface area contributed by atoms with Gasteiger partial charge in [-0.15, -0.1) is 11.3 Å². The summed E-state index contributed by atoms with van der Waals surface area (Å²) in [6.45, 7) is 0.421. The van der Waals surface area contributed by atoms with Crippen LogP contribution in [0.3, 0.4) is 0 Å². The summed E-state index contributed by atoms with van der Waals surface area (Å²) in [5.41, 5.74) is 5.12.